The van der Waals surface area contributed by atoms with Gasteiger partial charge in [0.05, 0.1) is 19.4 Å². The van der Waals surface area contributed by atoms with Crippen molar-refractivity contribution in [1.29, 1.82) is 0 Å². The van der Waals surface area contributed by atoms with Crippen molar-refractivity contribution in [3.8, 4) is 17.2 Å². The summed E-state index contributed by atoms with van der Waals surface area (Å²) in [6, 6.07) is 24.5. The highest BCUT2D eigenvalue weighted by Crippen LogP contribution is 2.23. The third kappa shape index (κ3) is 7.64. The Hall–Kier alpha value is -4.72. The van der Waals surface area contributed by atoms with Gasteiger partial charge in [-0.3, -0.25) is 0 Å². The molecule has 0 unspecified atom stereocenters. The molecule has 8 nitrogen and oxygen atoms in total. The second-order valence-corrected chi connectivity index (χ2v) is 8.85. The molecule has 4 aromatic rings. The van der Waals surface area contributed by atoms with Crippen LogP contribution in [0.25, 0.3) is 11.5 Å². The van der Waals surface area contributed by atoms with Crippen LogP contribution in [-0.4, -0.2) is 36.5 Å². The second kappa shape index (κ2) is 13.2. The maximum absolute atomic E-state index is 12.3. The Labute approximate surface area is 227 Å². The first-order chi connectivity index (χ1) is 18.9. The summed E-state index contributed by atoms with van der Waals surface area (Å²) in [5.74, 6) is 1.38. The Morgan fingerprint density at radius 2 is 1.64 bits per heavy atom. The minimum atomic E-state index is -0.852. The number of ether oxygens (including phenoxy) is 3. The molecule has 0 spiro atoms. The van der Waals surface area contributed by atoms with Crippen LogP contribution in [0, 0.1) is 13.8 Å². The summed E-state index contributed by atoms with van der Waals surface area (Å²) in [7, 11) is 1.24. The van der Waals surface area contributed by atoms with Crippen molar-refractivity contribution < 1.29 is 28.2 Å². The molecule has 1 amide bonds. The summed E-state index contributed by atoms with van der Waals surface area (Å²) < 4.78 is 21.8. The molecule has 0 atom stereocenters. The number of hydrogen-bond acceptors (Lipinski definition) is 7. The monoisotopic (exact) mass is 526 g/mol. The second-order valence-electron chi connectivity index (χ2n) is 8.85. The highest BCUT2D eigenvalue weighted by molar-refractivity contribution is 6.38. The smallest absolute Gasteiger partial charge is 0.434 e. The molecule has 0 bridgehead atoms. The SMILES string of the molecule is COC(=O)C(Cc1ccc(OCCc2nc(-c3ccccc3)oc2C)c(C)c1)=NC(=O)OCc1ccccc1. The quantitative estimate of drug-likeness (QED) is 0.183. The number of aromatic nitrogens is 1. The van der Waals surface area contributed by atoms with Gasteiger partial charge >= 0.3 is 12.1 Å². The van der Waals surface area contributed by atoms with E-state index in [2.05, 4.69) is 9.98 Å². The lowest BCUT2D eigenvalue weighted by Crippen LogP contribution is -2.20. The van der Waals surface area contributed by atoms with E-state index < -0.39 is 12.1 Å². The van der Waals surface area contributed by atoms with Crippen LogP contribution in [0.1, 0.15) is 28.1 Å². The number of carbonyl (C=O) groups excluding carboxylic acids is 2. The zero-order valence-electron chi connectivity index (χ0n) is 22.2. The van der Waals surface area contributed by atoms with Crippen LogP contribution in [0.2, 0.25) is 0 Å². The van der Waals surface area contributed by atoms with Gasteiger partial charge in [-0.1, -0.05) is 60.7 Å². The first kappa shape index (κ1) is 27.3. The van der Waals surface area contributed by atoms with Crippen molar-refractivity contribution in [2.75, 3.05) is 13.7 Å². The standard InChI is InChI=1S/C31H30N2O6/c1-21-18-24(19-27(30(34)36-3)33-31(35)38-20-23-10-6-4-7-11-23)14-15-28(21)37-17-16-26-22(2)39-29(32-26)25-12-8-5-9-13-25/h4-15,18H,16-17,19-20H2,1-3H3. The van der Waals surface area contributed by atoms with E-state index in [1.807, 2.05) is 92.7 Å². The van der Waals surface area contributed by atoms with Gasteiger partial charge in [0.2, 0.25) is 5.89 Å². The summed E-state index contributed by atoms with van der Waals surface area (Å²) in [6.07, 6.45) is -0.156. The molecule has 1 aromatic heterocycles. The van der Waals surface area contributed by atoms with Crippen LogP contribution in [-0.2, 0) is 33.7 Å². The molecule has 0 N–H and O–H groups in total. The Kier molecular flexibility index (Phi) is 9.24. The normalized spacial score (nSPS) is 11.2. The van der Waals surface area contributed by atoms with E-state index in [9.17, 15) is 9.59 Å². The number of amides is 1. The van der Waals surface area contributed by atoms with Gasteiger partial charge in [-0.05, 0) is 48.7 Å². The molecule has 0 aliphatic carbocycles. The number of nitrogens with zero attached hydrogens (tertiary/aromatic N) is 2. The molecular weight excluding hydrogens is 496 g/mol. The van der Waals surface area contributed by atoms with Gasteiger partial charge in [-0.25, -0.2) is 14.6 Å². The molecule has 8 heteroatoms. The Bertz CT molecular complexity index is 1440. The zero-order valence-corrected chi connectivity index (χ0v) is 22.2. The summed E-state index contributed by atoms with van der Waals surface area (Å²) in [5, 5.41) is 0. The number of esters is 1. The summed E-state index contributed by atoms with van der Waals surface area (Å²) >= 11 is 0. The third-order valence-electron chi connectivity index (χ3n) is 5.97. The molecule has 0 fully saturated rings. The van der Waals surface area contributed by atoms with Gasteiger partial charge in [0, 0.05) is 18.4 Å². The minimum Gasteiger partial charge on any atom is -0.493 e. The van der Waals surface area contributed by atoms with Gasteiger partial charge in [0.1, 0.15) is 23.8 Å². The zero-order chi connectivity index (χ0) is 27.6. The predicted molar refractivity (Wildman–Crippen MR) is 147 cm³/mol. The van der Waals surface area contributed by atoms with Crippen LogP contribution >= 0.6 is 0 Å². The molecule has 0 aliphatic heterocycles. The van der Waals surface area contributed by atoms with Crippen molar-refractivity contribution in [3.63, 3.8) is 0 Å². The molecule has 39 heavy (non-hydrogen) atoms. The summed E-state index contributed by atoms with van der Waals surface area (Å²) in [5.41, 5.74) is 4.21. The average Bonchev–Trinajstić information content (AvgIpc) is 3.33. The molecule has 0 saturated heterocycles. The number of carbonyl (C=O) groups is 2. The third-order valence-corrected chi connectivity index (χ3v) is 5.97. The maximum Gasteiger partial charge on any atom is 0.434 e. The van der Waals surface area contributed by atoms with Crippen molar-refractivity contribution in [2.45, 2.75) is 33.3 Å². The van der Waals surface area contributed by atoms with Gasteiger partial charge in [-0.2, -0.15) is 4.99 Å². The van der Waals surface area contributed by atoms with E-state index in [0.717, 1.165) is 33.7 Å². The Morgan fingerprint density at radius 1 is 0.923 bits per heavy atom. The fourth-order valence-corrected chi connectivity index (χ4v) is 3.94. The average molecular weight is 527 g/mol. The number of oxazole rings is 1. The molecule has 0 saturated carbocycles. The molecule has 0 radical (unpaired) electrons. The molecule has 4 rings (SSSR count). The largest absolute Gasteiger partial charge is 0.493 e. The first-order valence-electron chi connectivity index (χ1n) is 12.5. The Balaban J connectivity index is 1.35. The lowest BCUT2D eigenvalue weighted by atomic mass is 10.1. The number of methoxy groups -OCH3 is 1. The summed E-state index contributed by atoms with van der Waals surface area (Å²) in [6.45, 7) is 4.29. The van der Waals surface area contributed by atoms with Crippen LogP contribution < -0.4 is 4.74 Å². The number of benzene rings is 3. The number of aliphatic imine (C=N–C) groups is 1. The van der Waals surface area contributed by atoms with E-state index in [1.54, 1.807) is 0 Å². The number of hydrogen-bond donors (Lipinski definition) is 0. The highest BCUT2D eigenvalue weighted by atomic mass is 16.5. The molecule has 0 aliphatic rings. The van der Waals surface area contributed by atoms with Gasteiger partial charge in [-0.15, -0.1) is 0 Å². The van der Waals surface area contributed by atoms with Gasteiger partial charge in [0.25, 0.3) is 0 Å². The molecule has 200 valence electrons. The Morgan fingerprint density at radius 3 is 2.33 bits per heavy atom. The van der Waals surface area contributed by atoms with E-state index in [4.69, 9.17) is 18.6 Å². The minimum absolute atomic E-state index is 0.0423. The van der Waals surface area contributed by atoms with E-state index in [-0.39, 0.29) is 18.7 Å². The molecular formula is C31H30N2O6. The van der Waals surface area contributed by atoms with Crippen molar-refractivity contribution in [3.05, 3.63) is 107 Å². The maximum atomic E-state index is 12.3. The highest BCUT2D eigenvalue weighted by Gasteiger charge is 2.17. The van der Waals surface area contributed by atoms with E-state index in [0.29, 0.717) is 24.7 Å². The molecule has 1 heterocycles. The summed E-state index contributed by atoms with van der Waals surface area (Å²) in [4.78, 5) is 33.0. The van der Waals surface area contributed by atoms with Crippen LogP contribution in [0.4, 0.5) is 4.79 Å². The predicted octanol–water partition coefficient (Wildman–Crippen LogP) is 6.07. The lowest BCUT2D eigenvalue weighted by molar-refractivity contribution is -0.132. The molecule has 3 aromatic carbocycles. The first-order valence-corrected chi connectivity index (χ1v) is 12.5. The van der Waals surface area contributed by atoms with Crippen molar-refractivity contribution in [1.82, 2.24) is 4.98 Å². The van der Waals surface area contributed by atoms with E-state index >= 15 is 0 Å². The van der Waals surface area contributed by atoms with Gasteiger partial charge in [0.15, 0.2) is 0 Å². The van der Waals surface area contributed by atoms with E-state index in [1.165, 1.54) is 7.11 Å². The fourth-order valence-electron chi connectivity index (χ4n) is 3.94. The topological polar surface area (TPSA) is 100 Å². The van der Waals surface area contributed by atoms with Crippen LogP contribution in [0.5, 0.6) is 5.75 Å². The number of rotatable bonds is 10. The van der Waals surface area contributed by atoms with Crippen molar-refractivity contribution >= 4 is 17.8 Å². The lowest BCUT2D eigenvalue weighted by Gasteiger charge is -2.11. The fraction of sp³-hybridized carbons (Fsp3) is 0.226. The van der Waals surface area contributed by atoms with Crippen molar-refractivity contribution in [2.24, 2.45) is 4.99 Å². The van der Waals surface area contributed by atoms with Crippen LogP contribution in [0.3, 0.4) is 0 Å². The number of aryl methyl sites for hydroxylation is 2. The van der Waals surface area contributed by atoms with Crippen LogP contribution in [0.15, 0.2) is 88.3 Å². The van der Waals surface area contributed by atoms with Gasteiger partial charge < -0.3 is 18.6 Å².